The minimum absolute atomic E-state index is 0.0643. The van der Waals surface area contributed by atoms with Crippen LogP contribution >= 0.6 is 11.6 Å². The number of aromatic carboxylic acids is 1. The lowest BCUT2D eigenvalue weighted by Gasteiger charge is -2.23. The molecule has 0 aliphatic heterocycles. The number of nitrogens with zero attached hydrogens (tertiary/aromatic N) is 1. The molecule has 0 saturated carbocycles. The van der Waals surface area contributed by atoms with Crippen LogP contribution in [-0.4, -0.2) is 28.5 Å². The zero-order chi connectivity index (χ0) is 19.6. The van der Waals surface area contributed by atoms with E-state index in [0.717, 1.165) is 0 Å². The van der Waals surface area contributed by atoms with Gasteiger partial charge in [-0.1, -0.05) is 30.7 Å². The number of amides is 1. The van der Waals surface area contributed by atoms with Gasteiger partial charge in [-0.15, -0.1) is 0 Å². The summed E-state index contributed by atoms with van der Waals surface area (Å²) in [6.07, 6.45) is 0.446. The van der Waals surface area contributed by atoms with E-state index in [4.69, 9.17) is 11.6 Å². The van der Waals surface area contributed by atoms with Gasteiger partial charge in [0.25, 0.3) is 0 Å². The predicted octanol–water partition coefficient (Wildman–Crippen LogP) is 4.64. The Bertz CT molecular complexity index is 1020. The van der Waals surface area contributed by atoms with E-state index in [1.807, 2.05) is 6.92 Å². The average molecular weight is 389 g/mol. The molecule has 7 heteroatoms. The van der Waals surface area contributed by atoms with E-state index in [1.165, 1.54) is 17.0 Å². The van der Waals surface area contributed by atoms with E-state index >= 15 is 0 Å². The molecule has 0 unspecified atom stereocenters. The molecule has 0 fully saturated rings. The summed E-state index contributed by atoms with van der Waals surface area (Å²) in [5.41, 5.74) is 1.03. The van der Waals surface area contributed by atoms with Gasteiger partial charge in [-0.2, -0.15) is 0 Å². The summed E-state index contributed by atoms with van der Waals surface area (Å²) in [6, 6.07) is 11.0. The number of hydrogen-bond acceptors (Lipinski definition) is 2. The smallest absolute Gasteiger partial charge is 0.352 e. The number of carboxylic acid groups (broad SMARTS) is 1. The third-order valence-electron chi connectivity index (χ3n) is 4.30. The molecular weight excluding hydrogens is 371 g/mol. The molecule has 2 N–H and O–H groups in total. The number of rotatable bonds is 6. The number of carbonyl (C=O) groups is 2. The molecule has 0 spiro atoms. The van der Waals surface area contributed by atoms with Gasteiger partial charge in [-0.3, -0.25) is 4.79 Å². The summed E-state index contributed by atoms with van der Waals surface area (Å²) < 4.78 is 14.2. The van der Waals surface area contributed by atoms with Gasteiger partial charge in [0.1, 0.15) is 11.5 Å². The number of fused-ring (bicyclic) bond motifs is 1. The number of carbonyl (C=O) groups excluding carboxylic acids is 1. The number of aromatic nitrogens is 1. The van der Waals surface area contributed by atoms with Crippen molar-refractivity contribution < 1.29 is 19.1 Å². The van der Waals surface area contributed by atoms with Gasteiger partial charge in [0.05, 0.1) is 12.1 Å². The van der Waals surface area contributed by atoms with Crippen LogP contribution in [0.1, 0.15) is 29.4 Å². The molecule has 3 rings (SSSR count). The SMILES string of the molecule is CCCN(C(=O)Cc1c(C(=O)O)[nH]c2ccc(Cl)cc12)c1ccccc1F. The Kier molecular flexibility index (Phi) is 5.46. The number of anilines is 1. The van der Waals surface area contributed by atoms with Crippen LogP contribution in [0.4, 0.5) is 10.1 Å². The van der Waals surface area contributed by atoms with Gasteiger partial charge in [0.15, 0.2) is 0 Å². The summed E-state index contributed by atoms with van der Waals surface area (Å²) >= 11 is 6.04. The van der Waals surface area contributed by atoms with Crippen LogP contribution in [0.5, 0.6) is 0 Å². The quantitative estimate of drug-likeness (QED) is 0.645. The Morgan fingerprint density at radius 3 is 2.63 bits per heavy atom. The number of H-pyrrole nitrogens is 1. The number of nitrogens with one attached hydrogen (secondary N) is 1. The summed E-state index contributed by atoms with van der Waals surface area (Å²) in [6.45, 7) is 2.21. The van der Waals surface area contributed by atoms with Crippen LogP contribution in [0.3, 0.4) is 0 Å². The Morgan fingerprint density at radius 1 is 1.22 bits per heavy atom. The van der Waals surface area contributed by atoms with Crippen molar-refractivity contribution >= 4 is 40.1 Å². The topological polar surface area (TPSA) is 73.4 Å². The van der Waals surface area contributed by atoms with Gasteiger partial charge >= 0.3 is 5.97 Å². The second-order valence-corrected chi connectivity index (χ2v) is 6.58. The maximum atomic E-state index is 14.2. The number of para-hydroxylation sites is 1. The van der Waals surface area contributed by atoms with Crippen LogP contribution in [-0.2, 0) is 11.2 Å². The Hall–Kier alpha value is -2.86. The second kappa shape index (κ2) is 7.80. The highest BCUT2D eigenvalue weighted by molar-refractivity contribution is 6.31. The van der Waals surface area contributed by atoms with Crippen LogP contribution in [0.15, 0.2) is 42.5 Å². The lowest BCUT2D eigenvalue weighted by atomic mass is 10.1. The fourth-order valence-electron chi connectivity index (χ4n) is 3.11. The molecule has 5 nitrogen and oxygen atoms in total. The molecule has 0 radical (unpaired) electrons. The largest absolute Gasteiger partial charge is 0.477 e. The van der Waals surface area contributed by atoms with Crippen LogP contribution < -0.4 is 4.90 Å². The summed E-state index contributed by atoms with van der Waals surface area (Å²) in [7, 11) is 0. The van der Waals surface area contributed by atoms with Crippen LogP contribution in [0, 0.1) is 5.82 Å². The lowest BCUT2D eigenvalue weighted by Crippen LogP contribution is -2.34. The Morgan fingerprint density at radius 2 is 1.96 bits per heavy atom. The highest BCUT2D eigenvalue weighted by Gasteiger charge is 2.24. The van der Waals surface area contributed by atoms with Crippen molar-refractivity contribution in [2.75, 3.05) is 11.4 Å². The van der Waals surface area contributed by atoms with Crippen molar-refractivity contribution in [3.8, 4) is 0 Å². The van der Waals surface area contributed by atoms with Crippen molar-refractivity contribution in [3.05, 3.63) is 64.6 Å². The molecular formula is C20H18ClFN2O3. The standard InChI is InChI=1S/C20H18ClFN2O3/c1-2-9-24(17-6-4-3-5-15(17)22)18(25)11-14-13-10-12(21)7-8-16(13)23-19(14)20(26)27/h3-8,10,23H,2,9,11H2,1H3,(H,26,27). The van der Waals surface area contributed by atoms with E-state index in [1.54, 1.807) is 30.3 Å². The minimum atomic E-state index is -1.17. The number of halogens is 2. The Balaban J connectivity index is 2.03. The molecule has 0 saturated heterocycles. The number of benzene rings is 2. The first-order valence-corrected chi connectivity index (χ1v) is 8.88. The van der Waals surface area contributed by atoms with Crippen LogP contribution in [0.2, 0.25) is 5.02 Å². The monoisotopic (exact) mass is 388 g/mol. The summed E-state index contributed by atoms with van der Waals surface area (Å²) in [5.74, 6) is -2.05. The maximum absolute atomic E-state index is 14.2. The zero-order valence-corrected chi connectivity index (χ0v) is 15.4. The first kappa shape index (κ1) is 18.9. The van der Waals surface area contributed by atoms with E-state index in [0.29, 0.717) is 34.5 Å². The summed E-state index contributed by atoms with van der Waals surface area (Å²) in [5, 5.41) is 10.5. The van der Waals surface area contributed by atoms with E-state index < -0.39 is 11.8 Å². The molecule has 1 aromatic heterocycles. The van der Waals surface area contributed by atoms with Crippen molar-refractivity contribution in [3.63, 3.8) is 0 Å². The van der Waals surface area contributed by atoms with E-state index in [9.17, 15) is 19.1 Å². The summed E-state index contributed by atoms with van der Waals surface area (Å²) in [4.78, 5) is 28.8. The molecule has 27 heavy (non-hydrogen) atoms. The highest BCUT2D eigenvalue weighted by atomic mass is 35.5. The molecule has 3 aromatic rings. The molecule has 0 aliphatic carbocycles. The fraction of sp³-hybridized carbons (Fsp3) is 0.200. The first-order valence-electron chi connectivity index (χ1n) is 8.50. The van der Waals surface area contributed by atoms with Gasteiger partial charge in [-0.05, 0) is 36.8 Å². The lowest BCUT2D eigenvalue weighted by molar-refractivity contribution is -0.118. The zero-order valence-electron chi connectivity index (χ0n) is 14.6. The number of carboxylic acids is 1. The van der Waals surface area contributed by atoms with E-state index in [2.05, 4.69) is 4.98 Å². The van der Waals surface area contributed by atoms with Gasteiger partial charge in [0, 0.05) is 28.0 Å². The normalized spacial score (nSPS) is 10.9. The van der Waals surface area contributed by atoms with Gasteiger partial charge in [0.2, 0.25) is 5.91 Å². The van der Waals surface area contributed by atoms with Crippen LogP contribution in [0.25, 0.3) is 10.9 Å². The minimum Gasteiger partial charge on any atom is -0.477 e. The van der Waals surface area contributed by atoms with Crippen molar-refractivity contribution in [1.29, 1.82) is 0 Å². The number of hydrogen-bond donors (Lipinski definition) is 2. The molecule has 2 aromatic carbocycles. The molecule has 0 bridgehead atoms. The Labute approximate surface area is 160 Å². The molecule has 1 heterocycles. The van der Waals surface area contributed by atoms with Gasteiger partial charge < -0.3 is 15.0 Å². The second-order valence-electron chi connectivity index (χ2n) is 6.15. The molecule has 1 amide bonds. The predicted molar refractivity (Wildman–Crippen MR) is 103 cm³/mol. The molecule has 140 valence electrons. The first-order chi connectivity index (χ1) is 12.9. The fourth-order valence-corrected chi connectivity index (χ4v) is 3.28. The third kappa shape index (κ3) is 3.80. The average Bonchev–Trinajstić information content (AvgIpc) is 2.98. The van der Waals surface area contributed by atoms with E-state index in [-0.39, 0.29) is 23.7 Å². The maximum Gasteiger partial charge on any atom is 0.352 e. The third-order valence-corrected chi connectivity index (χ3v) is 4.54. The van der Waals surface area contributed by atoms with Crippen molar-refractivity contribution in [2.24, 2.45) is 0 Å². The molecule has 0 atom stereocenters. The van der Waals surface area contributed by atoms with Gasteiger partial charge in [-0.25, -0.2) is 9.18 Å². The highest BCUT2D eigenvalue weighted by Crippen LogP contribution is 2.28. The number of aromatic amines is 1. The van der Waals surface area contributed by atoms with Crippen molar-refractivity contribution in [2.45, 2.75) is 19.8 Å². The van der Waals surface area contributed by atoms with Crippen molar-refractivity contribution in [1.82, 2.24) is 4.98 Å². The molecule has 0 aliphatic rings.